The molecule has 0 bridgehead atoms. The number of hydrogen-bond acceptors (Lipinski definition) is 0. The Morgan fingerprint density at radius 1 is 1.40 bits per heavy atom. The van der Waals surface area contributed by atoms with Crippen molar-refractivity contribution in [1.82, 2.24) is 0 Å². The maximum absolute atomic E-state index is 4.64. The summed E-state index contributed by atoms with van der Waals surface area (Å²) in [5.74, 6) is 0. The summed E-state index contributed by atoms with van der Waals surface area (Å²) in [6, 6.07) is 0. The monoisotopic (exact) mass is 360 g/mol. The van der Waals surface area contributed by atoms with Crippen molar-refractivity contribution < 1.29 is 10.1 Å². The zero-order valence-electron chi connectivity index (χ0n) is 2.84. The van der Waals surface area contributed by atoms with Crippen LogP contribution in [-0.4, -0.2) is 16.7 Å². The molecular weight excluding hydrogens is 362 g/mol. The Balaban J connectivity index is 0. The molecule has 0 spiro atoms. The van der Waals surface area contributed by atoms with E-state index in [4.69, 9.17) is 0 Å². The number of hydrogen-bond donors (Lipinski definition) is 0. The van der Waals surface area contributed by atoms with Crippen LogP contribution in [0.5, 0.6) is 0 Å². The van der Waals surface area contributed by atoms with E-state index in [9.17, 15) is 0 Å². The SMILES string of the molecule is [I][Zn][I].[Li][Cl]. The van der Waals surface area contributed by atoms with E-state index in [0.29, 0.717) is 0 Å². The van der Waals surface area contributed by atoms with Gasteiger partial charge in [-0.05, 0) is 0 Å². The van der Waals surface area contributed by atoms with Crippen LogP contribution in [0, 0.1) is 0 Å². The summed E-state index contributed by atoms with van der Waals surface area (Å²) in [5.41, 5.74) is 0. The minimum atomic E-state index is 0.0650. The van der Waals surface area contributed by atoms with Crippen LogP contribution >= 0.6 is 49.3 Å². The Morgan fingerprint density at radius 2 is 1.40 bits per heavy atom. The van der Waals surface area contributed by atoms with E-state index in [-0.39, 0.29) is 10.1 Å². The van der Waals surface area contributed by atoms with Gasteiger partial charge in [0.05, 0.1) is 0 Å². The predicted octanol–water partition coefficient (Wildman–Crippen LogP) is 2.08. The Labute approximate surface area is 74.4 Å². The van der Waals surface area contributed by atoms with Gasteiger partial charge in [0.15, 0.2) is 0 Å². The summed E-state index contributed by atoms with van der Waals surface area (Å²) < 4.78 is 0. The number of rotatable bonds is 0. The van der Waals surface area contributed by atoms with Crippen LogP contribution < -0.4 is 0 Å². The van der Waals surface area contributed by atoms with Gasteiger partial charge in [0, 0.05) is 0 Å². The van der Waals surface area contributed by atoms with Crippen molar-refractivity contribution in [1.29, 1.82) is 0 Å². The van der Waals surface area contributed by atoms with Crippen molar-refractivity contribution in [2.24, 2.45) is 0 Å². The molecule has 0 aromatic rings. The normalized spacial score (nSPS) is 3.40. The molecule has 0 amide bonds. The van der Waals surface area contributed by atoms with Crippen LogP contribution in [0.15, 0.2) is 0 Å². The van der Waals surface area contributed by atoms with Gasteiger partial charge < -0.3 is 0 Å². The Morgan fingerprint density at radius 3 is 1.40 bits per heavy atom. The van der Waals surface area contributed by atoms with Crippen LogP contribution in [0.2, 0.25) is 0 Å². The van der Waals surface area contributed by atoms with Gasteiger partial charge in [0.2, 0.25) is 0 Å². The van der Waals surface area contributed by atoms with Crippen molar-refractivity contribution in [2.75, 3.05) is 0 Å². The van der Waals surface area contributed by atoms with Gasteiger partial charge in [-0.15, -0.1) is 0 Å². The van der Waals surface area contributed by atoms with Crippen molar-refractivity contribution in [2.45, 2.75) is 0 Å². The van der Waals surface area contributed by atoms with Crippen molar-refractivity contribution in [3.05, 3.63) is 0 Å². The second kappa shape index (κ2) is 15.8. The first-order valence-electron chi connectivity index (χ1n) is 0.912. The van der Waals surface area contributed by atoms with E-state index in [1.807, 2.05) is 0 Å². The van der Waals surface area contributed by atoms with Crippen molar-refractivity contribution in [3.8, 4) is 0 Å². The van der Waals surface area contributed by atoms with Gasteiger partial charge >= 0.3 is 76.1 Å². The fourth-order valence-corrected chi connectivity index (χ4v) is 0. The molecule has 0 fully saturated rings. The molecule has 5 heavy (non-hydrogen) atoms. The molecule has 0 radical (unpaired) electrons. The Hall–Kier alpha value is 2.97. The molecule has 0 atom stereocenters. The third-order valence-corrected chi connectivity index (χ3v) is 0. The maximum atomic E-state index is 4.64. The Kier molecular flexibility index (Phi) is 34.2. The van der Waals surface area contributed by atoms with E-state index in [2.05, 4.69) is 49.3 Å². The molecule has 0 unspecified atom stereocenters. The van der Waals surface area contributed by atoms with Gasteiger partial charge in [0.25, 0.3) is 0 Å². The molecule has 0 N–H and O–H groups in total. The van der Waals surface area contributed by atoms with Crippen LogP contribution in [0.3, 0.4) is 0 Å². The molecular formula is ClI2LiZn. The van der Waals surface area contributed by atoms with E-state index in [0.717, 1.165) is 0 Å². The Bertz CT molecular complexity index is 9.61. The first-order valence-corrected chi connectivity index (χ1v) is 19.8. The average molecular weight is 362 g/mol. The molecule has 0 aliphatic rings. The van der Waals surface area contributed by atoms with Crippen LogP contribution in [0.1, 0.15) is 0 Å². The third-order valence-electron chi connectivity index (χ3n) is 0. The molecule has 5 heteroatoms. The topological polar surface area (TPSA) is 0 Å². The van der Waals surface area contributed by atoms with E-state index < -0.39 is 0 Å². The molecule has 0 heterocycles. The molecule has 0 aliphatic carbocycles. The van der Waals surface area contributed by atoms with Gasteiger partial charge in [-0.25, -0.2) is 0 Å². The molecule has 0 aromatic carbocycles. The molecule has 0 saturated heterocycles. The minimum absolute atomic E-state index is 0.0650. The van der Waals surface area contributed by atoms with Crippen molar-refractivity contribution >= 4 is 66.0 Å². The van der Waals surface area contributed by atoms with Crippen LogP contribution in [-0.2, 0) is 10.1 Å². The molecule has 0 aromatic heterocycles. The second-order valence-electron chi connectivity index (χ2n) is 0.101. The standard InChI is InChI=1S/ClH.2HI.Li.Zn/h3*1H;;/q;;;+1;+2/p-3. The summed E-state index contributed by atoms with van der Waals surface area (Å²) >= 11 is 6.40. The van der Waals surface area contributed by atoms with Gasteiger partial charge in [0.1, 0.15) is 0 Å². The van der Waals surface area contributed by atoms with Gasteiger partial charge in [-0.1, -0.05) is 0 Å². The molecule has 0 rings (SSSR count). The first-order chi connectivity index (χ1) is 2.41. The molecule has 0 nitrogen and oxygen atoms in total. The summed E-state index contributed by atoms with van der Waals surface area (Å²) in [4.78, 5) is 0. The van der Waals surface area contributed by atoms with E-state index in [1.165, 1.54) is 16.7 Å². The summed E-state index contributed by atoms with van der Waals surface area (Å²) in [6.45, 7) is 0. The molecule has 0 aliphatic heterocycles. The van der Waals surface area contributed by atoms with Gasteiger partial charge in [-0.2, -0.15) is 0 Å². The third kappa shape index (κ3) is 19.5. The first kappa shape index (κ1) is 10.9. The van der Waals surface area contributed by atoms with E-state index in [1.54, 1.807) is 0 Å². The van der Waals surface area contributed by atoms with Gasteiger partial charge in [-0.3, -0.25) is 0 Å². The van der Waals surface area contributed by atoms with Crippen LogP contribution in [0.4, 0.5) is 0 Å². The van der Waals surface area contributed by atoms with Crippen molar-refractivity contribution in [3.63, 3.8) is 0 Å². The molecule has 0 saturated carbocycles. The average Bonchev–Trinajstić information content (AvgIpc) is 1.46. The zero-order chi connectivity index (χ0) is 4.71. The summed E-state index contributed by atoms with van der Waals surface area (Å²) in [5, 5.41) is 0. The fourth-order valence-electron chi connectivity index (χ4n) is 0. The fraction of sp³-hybridized carbons (Fsp3) is 0. The van der Waals surface area contributed by atoms with Crippen LogP contribution in [0.25, 0.3) is 0 Å². The zero-order valence-corrected chi connectivity index (χ0v) is 10.9. The second-order valence-corrected chi connectivity index (χ2v) is 23.6. The summed E-state index contributed by atoms with van der Waals surface area (Å²) in [6.07, 6.45) is 0. The van der Waals surface area contributed by atoms with E-state index >= 15 is 0 Å². The molecule has 24 valence electrons. The predicted molar refractivity (Wildman–Crippen MR) is 39.6 cm³/mol. The quantitative estimate of drug-likeness (QED) is 0.458. The number of halogens is 3. The summed E-state index contributed by atoms with van der Waals surface area (Å²) in [7, 11) is 4.70.